The molecule has 2 rings (SSSR count). The van der Waals surface area contributed by atoms with Gasteiger partial charge in [0, 0.05) is 5.02 Å². The minimum Gasteiger partial charge on any atom is -0.279 e. The lowest BCUT2D eigenvalue weighted by Gasteiger charge is -2.05. The van der Waals surface area contributed by atoms with E-state index in [9.17, 15) is 8.42 Å². The largest absolute Gasteiger partial charge is 0.279 e. The number of halogens is 2. The van der Waals surface area contributed by atoms with Crippen molar-refractivity contribution in [2.24, 2.45) is 0 Å². The van der Waals surface area contributed by atoms with Crippen molar-refractivity contribution in [2.75, 3.05) is 4.72 Å². The molecule has 0 saturated carbocycles. The maximum absolute atomic E-state index is 12.0. The summed E-state index contributed by atoms with van der Waals surface area (Å²) in [7, 11) is -3.53. The number of nitrogens with one attached hydrogen (secondary N) is 1. The fraction of sp³-hybridized carbons (Fsp3) is 0. The lowest BCUT2D eigenvalue weighted by atomic mass is 10.3. The van der Waals surface area contributed by atoms with E-state index in [1.807, 2.05) is 0 Å². The summed E-state index contributed by atoms with van der Waals surface area (Å²) >= 11 is 10.2. The van der Waals surface area contributed by atoms with Crippen LogP contribution in [0.1, 0.15) is 0 Å². The second kappa shape index (κ2) is 4.97. The van der Waals surface area contributed by atoms with E-state index in [1.54, 1.807) is 36.4 Å². The highest BCUT2D eigenvalue weighted by molar-refractivity contribution is 9.11. The van der Waals surface area contributed by atoms with Crippen molar-refractivity contribution in [1.29, 1.82) is 0 Å². The van der Waals surface area contributed by atoms with Gasteiger partial charge in [0.1, 0.15) is 4.21 Å². The Labute approximate surface area is 117 Å². The van der Waals surface area contributed by atoms with Crippen LogP contribution in [0.3, 0.4) is 0 Å². The van der Waals surface area contributed by atoms with Gasteiger partial charge in [-0.15, -0.1) is 11.3 Å². The summed E-state index contributed by atoms with van der Waals surface area (Å²) in [4.78, 5) is 0. The zero-order valence-electron chi connectivity index (χ0n) is 8.35. The first-order valence-corrected chi connectivity index (χ1v) is 7.98. The van der Waals surface area contributed by atoms with Gasteiger partial charge in [-0.3, -0.25) is 4.72 Å². The number of anilines is 1. The fourth-order valence-corrected chi connectivity index (χ4v) is 4.45. The Morgan fingerprint density at radius 1 is 1.24 bits per heavy atom. The quantitative estimate of drug-likeness (QED) is 0.908. The van der Waals surface area contributed by atoms with Crippen LogP contribution >= 0.6 is 38.9 Å². The monoisotopic (exact) mass is 351 g/mol. The number of thiophene rings is 1. The molecule has 0 amide bonds. The van der Waals surface area contributed by atoms with Crippen LogP contribution in [0.2, 0.25) is 5.02 Å². The molecule has 1 N–H and O–H groups in total. The molecule has 2 aromatic rings. The van der Waals surface area contributed by atoms with Crippen LogP contribution in [0.25, 0.3) is 0 Å². The van der Waals surface area contributed by atoms with Gasteiger partial charge in [-0.25, -0.2) is 8.42 Å². The predicted octanol–water partition coefficient (Wildman–Crippen LogP) is 3.96. The third-order valence-corrected chi connectivity index (χ3v) is 5.62. The Morgan fingerprint density at radius 2 is 2.00 bits per heavy atom. The summed E-state index contributed by atoms with van der Waals surface area (Å²) in [5, 5.41) is 0.484. The van der Waals surface area contributed by atoms with Crippen LogP contribution in [0.15, 0.2) is 44.4 Å². The van der Waals surface area contributed by atoms with E-state index in [0.717, 1.165) is 15.1 Å². The molecule has 0 aliphatic heterocycles. The van der Waals surface area contributed by atoms with Gasteiger partial charge in [-0.05, 0) is 46.3 Å². The zero-order chi connectivity index (χ0) is 12.5. The number of hydrogen-bond donors (Lipinski definition) is 1. The van der Waals surface area contributed by atoms with Crippen molar-refractivity contribution in [3.63, 3.8) is 0 Å². The molecule has 0 aliphatic rings. The summed E-state index contributed by atoms with van der Waals surface area (Å²) in [5.74, 6) is 0. The normalized spacial score (nSPS) is 11.4. The highest BCUT2D eigenvalue weighted by Crippen LogP contribution is 2.28. The zero-order valence-corrected chi connectivity index (χ0v) is 12.3. The van der Waals surface area contributed by atoms with Gasteiger partial charge in [0.15, 0.2) is 0 Å². The van der Waals surface area contributed by atoms with Gasteiger partial charge in [-0.1, -0.05) is 17.7 Å². The van der Waals surface area contributed by atoms with Crippen molar-refractivity contribution < 1.29 is 8.42 Å². The number of benzene rings is 1. The smallest absolute Gasteiger partial charge is 0.271 e. The van der Waals surface area contributed by atoms with Crippen molar-refractivity contribution >= 4 is 54.6 Å². The topological polar surface area (TPSA) is 46.2 Å². The molecule has 1 aromatic carbocycles. The Balaban J connectivity index is 2.29. The molecule has 3 nitrogen and oxygen atoms in total. The second-order valence-electron chi connectivity index (χ2n) is 3.17. The first-order chi connectivity index (χ1) is 7.97. The molecule has 1 heterocycles. The lowest BCUT2D eigenvalue weighted by Crippen LogP contribution is -2.11. The molecule has 0 bridgehead atoms. The SMILES string of the molecule is O=S(=O)(Nc1cccc(Cl)c1)c1ccc(Br)s1. The number of rotatable bonds is 3. The third kappa shape index (κ3) is 3.22. The van der Waals surface area contributed by atoms with E-state index in [4.69, 9.17) is 11.6 Å². The molecule has 7 heteroatoms. The van der Waals surface area contributed by atoms with E-state index in [-0.39, 0.29) is 4.21 Å². The van der Waals surface area contributed by atoms with Crippen LogP contribution < -0.4 is 4.72 Å². The number of sulfonamides is 1. The Kier molecular flexibility index (Phi) is 3.77. The third-order valence-electron chi connectivity index (χ3n) is 1.89. The Bertz CT molecular complexity index is 639. The fourth-order valence-electron chi connectivity index (χ4n) is 1.20. The predicted molar refractivity (Wildman–Crippen MR) is 74.3 cm³/mol. The first kappa shape index (κ1) is 12.9. The molecule has 0 radical (unpaired) electrons. The van der Waals surface area contributed by atoms with Gasteiger partial charge < -0.3 is 0 Å². The summed E-state index contributed by atoms with van der Waals surface area (Å²) in [6, 6.07) is 9.80. The first-order valence-electron chi connectivity index (χ1n) is 4.51. The van der Waals surface area contributed by atoms with Gasteiger partial charge in [0.25, 0.3) is 10.0 Å². The summed E-state index contributed by atoms with van der Waals surface area (Å²) < 4.78 is 27.4. The van der Waals surface area contributed by atoms with Gasteiger partial charge in [-0.2, -0.15) is 0 Å². The number of hydrogen-bond acceptors (Lipinski definition) is 3. The van der Waals surface area contributed by atoms with Crippen molar-refractivity contribution in [1.82, 2.24) is 0 Å². The summed E-state index contributed by atoms with van der Waals surface area (Å²) in [5.41, 5.74) is 0.446. The Morgan fingerprint density at radius 3 is 2.59 bits per heavy atom. The van der Waals surface area contributed by atoms with Crippen molar-refractivity contribution in [3.05, 3.63) is 45.2 Å². The van der Waals surface area contributed by atoms with E-state index in [2.05, 4.69) is 20.7 Å². The van der Waals surface area contributed by atoms with Crippen molar-refractivity contribution in [2.45, 2.75) is 4.21 Å². The maximum Gasteiger partial charge on any atom is 0.271 e. The summed E-state index contributed by atoms with van der Waals surface area (Å²) in [6.07, 6.45) is 0. The van der Waals surface area contributed by atoms with E-state index >= 15 is 0 Å². The average Bonchev–Trinajstić information content (AvgIpc) is 2.65. The van der Waals surface area contributed by atoms with E-state index < -0.39 is 10.0 Å². The van der Waals surface area contributed by atoms with Gasteiger partial charge >= 0.3 is 0 Å². The average molecular weight is 353 g/mol. The molecule has 0 spiro atoms. The molecule has 0 unspecified atom stereocenters. The molecular weight excluding hydrogens is 346 g/mol. The molecule has 0 aliphatic carbocycles. The Hall–Kier alpha value is -0.560. The van der Waals surface area contributed by atoms with E-state index in [1.165, 1.54) is 0 Å². The standard InChI is InChI=1S/C10H7BrClNO2S2/c11-9-4-5-10(16-9)17(14,15)13-8-3-1-2-7(12)6-8/h1-6,13H. The maximum atomic E-state index is 12.0. The van der Waals surface area contributed by atoms with Gasteiger partial charge in [0.2, 0.25) is 0 Å². The molecular formula is C10H7BrClNO2S2. The van der Waals surface area contributed by atoms with E-state index in [0.29, 0.717) is 10.7 Å². The van der Waals surface area contributed by atoms with Crippen LogP contribution in [0, 0.1) is 0 Å². The van der Waals surface area contributed by atoms with Gasteiger partial charge in [0.05, 0.1) is 9.47 Å². The molecule has 0 atom stereocenters. The highest BCUT2D eigenvalue weighted by Gasteiger charge is 2.16. The van der Waals surface area contributed by atoms with Crippen LogP contribution in [0.5, 0.6) is 0 Å². The molecule has 0 fully saturated rings. The molecule has 0 saturated heterocycles. The van der Waals surface area contributed by atoms with Crippen molar-refractivity contribution in [3.8, 4) is 0 Å². The highest BCUT2D eigenvalue weighted by atomic mass is 79.9. The minimum atomic E-state index is -3.53. The summed E-state index contributed by atoms with van der Waals surface area (Å²) in [6.45, 7) is 0. The second-order valence-corrected chi connectivity index (χ2v) is 7.98. The molecule has 1 aromatic heterocycles. The van der Waals surface area contributed by atoms with Crippen LogP contribution in [0.4, 0.5) is 5.69 Å². The molecule has 17 heavy (non-hydrogen) atoms. The van der Waals surface area contributed by atoms with Crippen LogP contribution in [-0.4, -0.2) is 8.42 Å². The van der Waals surface area contributed by atoms with Crippen LogP contribution in [-0.2, 0) is 10.0 Å². The lowest BCUT2D eigenvalue weighted by molar-refractivity contribution is 0.603. The minimum absolute atomic E-state index is 0.254. The molecule has 90 valence electrons.